The maximum absolute atomic E-state index is 13.7. The Morgan fingerprint density at radius 1 is 1.13 bits per heavy atom. The van der Waals surface area contributed by atoms with Crippen molar-refractivity contribution in [3.63, 3.8) is 0 Å². The second kappa shape index (κ2) is 10.4. The van der Waals surface area contributed by atoms with E-state index in [1.54, 1.807) is 7.11 Å². The molecular weight excluding hydrogens is 474 g/mol. The topological polar surface area (TPSA) is 85.2 Å². The number of carbonyl (C=O) groups is 1. The van der Waals surface area contributed by atoms with Crippen molar-refractivity contribution in [2.24, 2.45) is 0 Å². The summed E-state index contributed by atoms with van der Waals surface area (Å²) in [5.41, 5.74) is 7.83. The first-order valence-electron chi connectivity index (χ1n) is 13.3. The van der Waals surface area contributed by atoms with Crippen LogP contribution in [0.15, 0.2) is 48.9 Å². The highest BCUT2D eigenvalue weighted by atomic mass is 16.5. The second-order valence-corrected chi connectivity index (χ2v) is 10.4. The van der Waals surface area contributed by atoms with Gasteiger partial charge in [0, 0.05) is 42.9 Å². The van der Waals surface area contributed by atoms with Gasteiger partial charge in [-0.2, -0.15) is 5.26 Å². The number of aromatic nitrogens is 2. The highest BCUT2D eigenvalue weighted by molar-refractivity contribution is 5.97. The fourth-order valence-electron chi connectivity index (χ4n) is 5.87. The average Bonchev–Trinajstić information content (AvgIpc) is 3.38. The summed E-state index contributed by atoms with van der Waals surface area (Å²) in [6.07, 6.45) is 2.67. The van der Waals surface area contributed by atoms with Gasteiger partial charge in [0.05, 0.1) is 30.5 Å². The molecule has 3 aromatic rings. The Balaban J connectivity index is 1.35. The van der Waals surface area contributed by atoms with Crippen LogP contribution in [0.2, 0.25) is 0 Å². The molecule has 1 aromatic heterocycles. The van der Waals surface area contributed by atoms with Crippen LogP contribution in [0.5, 0.6) is 0 Å². The number of ether oxygens (including phenoxy) is 1. The molecular formula is C31H35N5O2. The lowest BCUT2D eigenvalue weighted by atomic mass is 9.88. The molecule has 196 valence electrons. The van der Waals surface area contributed by atoms with Crippen LogP contribution in [0.25, 0.3) is 11.4 Å². The van der Waals surface area contributed by atoms with Crippen LogP contribution in [0.1, 0.15) is 75.7 Å². The van der Waals surface area contributed by atoms with Crippen molar-refractivity contribution in [3.8, 4) is 17.5 Å². The van der Waals surface area contributed by atoms with Gasteiger partial charge in [0.2, 0.25) is 0 Å². The number of rotatable bonds is 5. The first-order valence-corrected chi connectivity index (χ1v) is 13.3. The van der Waals surface area contributed by atoms with E-state index in [1.165, 1.54) is 5.56 Å². The fraction of sp³-hybridized carbons (Fsp3) is 0.387. The summed E-state index contributed by atoms with van der Waals surface area (Å²) >= 11 is 0. The maximum Gasteiger partial charge on any atom is 0.254 e. The number of imidazole rings is 1. The van der Waals surface area contributed by atoms with E-state index in [0.29, 0.717) is 17.4 Å². The SMILES string of the molecule is C=C(OC)N1CCc2[nH]c(-c3cc(C(=O)N4CCC(c5ccc(C#N)cc5)CC4)c(C)cc3C)nc2C1C. The second-order valence-electron chi connectivity index (χ2n) is 10.4. The molecule has 2 aromatic carbocycles. The monoisotopic (exact) mass is 509 g/mol. The lowest BCUT2D eigenvalue weighted by molar-refractivity contribution is 0.0712. The Morgan fingerprint density at radius 2 is 1.84 bits per heavy atom. The van der Waals surface area contributed by atoms with Gasteiger partial charge in [-0.3, -0.25) is 4.79 Å². The number of methoxy groups -OCH3 is 1. The Hall–Kier alpha value is -4.05. The molecule has 1 unspecified atom stereocenters. The highest BCUT2D eigenvalue weighted by Crippen LogP contribution is 2.35. The Bertz CT molecular complexity index is 1410. The number of carbonyl (C=O) groups excluding carboxylic acids is 1. The van der Waals surface area contributed by atoms with Crippen LogP contribution in [0, 0.1) is 25.2 Å². The number of hydrogen-bond acceptors (Lipinski definition) is 5. The van der Waals surface area contributed by atoms with E-state index < -0.39 is 0 Å². The molecule has 0 bridgehead atoms. The van der Waals surface area contributed by atoms with E-state index in [1.807, 2.05) is 42.2 Å². The molecule has 7 heteroatoms. The maximum atomic E-state index is 13.7. The predicted molar refractivity (Wildman–Crippen MR) is 148 cm³/mol. The third kappa shape index (κ3) is 4.67. The highest BCUT2D eigenvalue weighted by Gasteiger charge is 2.30. The van der Waals surface area contributed by atoms with Gasteiger partial charge in [0.1, 0.15) is 5.82 Å². The Kier molecular flexibility index (Phi) is 6.98. The molecule has 0 radical (unpaired) electrons. The number of benzene rings is 2. The first-order chi connectivity index (χ1) is 18.3. The summed E-state index contributed by atoms with van der Waals surface area (Å²) in [4.78, 5) is 26.3. The number of aromatic amines is 1. The standard InChI is InChI=1S/C31H35N5O2/c1-19-16-20(2)27(31(37)35-13-10-25(11-14-35)24-8-6-23(18-32)7-9-24)17-26(19)30-33-28-12-15-36(22(4)38-5)21(3)29(28)34-30/h6-9,16-17,21,25H,4,10-15H2,1-3,5H3,(H,33,34). The molecule has 0 spiro atoms. The van der Waals surface area contributed by atoms with Gasteiger partial charge in [0.25, 0.3) is 5.91 Å². The lowest BCUT2D eigenvalue weighted by Crippen LogP contribution is -2.38. The molecule has 0 aliphatic carbocycles. The van der Waals surface area contributed by atoms with Gasteiger partial charge in [-0.15, -0.1) is 0 Å². The minimum Gasteiger partial charge on any atom is -0.483 e. The minimum atomic E-state index is 0.0560. The number of piperidine rings is 1. The molecule has 1 atom stereocenters. The molecule has 2 aliphatic heterocycles. The van der Waals surface area contributed by atoms with Gasteiger partial charge in [-0.1, -0.05) is 18.2 Å². The van der Waals surface area contributed by atoms with Crippen molar-refractivity contribution in [2.75, 3.05) is 26.7 Å². The molecule has 1 N–H and O–H groups in total. The molecule has 1 saturated heterocycles. The van der Waals surface area contributed by atoms with Gasteiger partial charge < -0.3 is 19.5 Å². The van der Waals surface area contributed by atoms with Crippen LogP contribution >= 0.6 is 0 Å². The molecule has 7 nitrogen and oxygen atoms in total. The number of nitrogens with zero attached hydrogens (tertiary/aromatic N) is 4. The van der Waals surface area contributed by atoms with E-state index in [0.717, 1.165) is 78.4 Å². The zero-order valence-corrected chi connectivity index (χ0v) is 22.7. The van der Waals surface area contributed by atoms with Crippen molar-refractivity contribution >= 4 is 5.91 Å². The number of aryl methyl sites for hydroxylation is 2. The molecule has 3 heterocycles. The zero-order valence-electron chi connectivity index (χ0n) is 22.7. The van der Waals surface area contributed by atoms with Crippen molar-refractivity contribution in [1.82, 2.24) is 19.8 Å². The van der Waals surface area contributed by atoms with Crippen molar-refractivity contribution < 1.29 is 9.53 Å². The summed E-state index contributed by atoms with van der Waals surface area (Å²) in [7, 11) is 1.64. The number of likely N-dealkylation sites (tertiary alicyclic amines) is 1. The third-order valence-electron chi connectivity index (χ3n) is 8.18. The summed E-state index contributed by atoms with van der Waals surface area (Å²) in [6, 6.07) is 14.2. The van der Waals surface area contributed by atoms with E-state index >= 15 is 0 Å². The quantitative estimate of drug-likeness (QED) is 0.451. The van der Waals surface area contributed by atoms with E-state index in [2.05, 4.69) is 42.4 Å². The third-order valence-corrected chi connectivity index (χ3v) is 8.18. The predicted octanol–water partition coefficient (Wildman–Crippen LogP) is 5.62. The van der Waals surface area contributed by atoms with E-state index in [9.17, 15) is 4.79 Å². The number of nitriles is 1. The summed E-state index contributed by atoms with van der Waals surface area (Å²) < 4.78 is 5.38. The minimum absolute atomic E-state index is 0.0560. The van der Waals surface area contributed by atoms with Crippen molar-refractivity contribution in [1.29, 1.82) is 5.26 Å². The summed E-state index contributed by atoms with van der Waals surface area (Å²) in [5.74, 6) is 1.94. The molecule has 2 aliphatic rings. The normalized spacial score (nSPS) is 17.6. The average molecular weight is 510 g/mol. The summed E-state index contributed by atoms with van der Waals surface area (Å²) in [5, 5.41) is 9.06. The van der Waals surface area contributed by atoms with Gasteiger partial charge >= 0.3 is 0 Å². The number of fused-ring (bicyclic) bond motifs is 1. The molecule has 5 rings (SSSR count). The molecule has 1 fully saturated rings. The molecule has 1 amide bonds. The molecule has 38 heavy (non-hydrogen) atoms. The Morgan fingerprint density at radius 3 is 2.50 bits per heavy atom. The smallest absolute Gasteiger partial charge is 0.254 e. The van der Waals surface area contributed by atoms with E-state index in [4.69, 9.17) is 15.0 Å². The lowest BCUT2D eigenvalue weighted by Gasteiger charge is -2.34. The van der Waals surface area contributed by atoms with Gasteiger partial charge in [-0.25, -0.2) is 4.98 Å². The zero-order chi connectivity index (χ0) is 27.0. The number of amides is 1. The number of H-pyrrole nitrogens is 1. The van der Waals surface area contributed by atoms with Gasteiger partial charge in [0.15, 0.2) is 5.88 Å². The van der Waals surface area contributed by atoms with Crippen molar-refractivity contribution in [2.45, 2.75) is 52.0 Å². The number of hydrogen-bond donors (Lipinski definition) is 1. The molecule has 0 saturated carbocycles. The number of nitrogens with one attached hydrogen (secondary N) is 1. The van der Waals surface area contributed by atoms with Crippen molar-refractivity contribution in [3.05, 3.63) is 88.1 Å². The van der Waals surface area contributed by atoms with Crippen LogP contribution in [-0.2, 0) is 11.2 Å². The van der Waals surface area contributed by atoms with Crippen LogP contribution < -0.4 is 0 Å². The van der Waals surface area contributed by atoms with E-state index in [-0.39, 0.29) is 11.9 Å². The van der Waals surface area contributed by atoms with Crippen LogP contribution in [0.3, 0.4) is 0 Å². The fourth-order valence-corrected chi connectivity index (χ4v) is 5.87. The Labute approximate surface area is 224 Å². The van der Waals surface area contributed by atoms with Gasteiger partial charge in [-0.05, 0) is 81.0 Å². The van der Waals surface area contributed by atoms with Crippen LogP contribution in [0.4, 0.5) is 0 Å². The first kappa shape index (κ1) is 25.6. The van der Waals surface area contributed by atoms with Crippen LogP contribution in [-0.4, -0.2) is 52.4 Å². The largest absolute Gasteiger partial charge is 0.483 e. The summed E-state index contributed by atoms with van der Waals surface area (Å²) in [6.45, 7) is 12.5.